The molecule has 0 aliphatic heterocycles. The van der Waals surface area contributed by atoms with Gasteiger partial charge in [0.2, 0.25) is 11.7 Å². The van der Waals surface area contributed by atoms with Crippen molar-refractivity contribution in [1.82, 2.24) is 5.32 Å². The maximum Gasteiger partial charge on any atom is 0.283 e. The van der Waals surface area contributed by atoms with E-state index in [1.807, 2.05) is 30.3 Å². The van der Waals surface area contributed by atoms with Crippen LogP contribution in [0.25, 0.3) is 5.57 Å². The van der Waals surface area contributed by atoms with Gasteiger partial charge in [0, 0.05) is 12.1 Å². The third-order valence-corrected chi connectivity index (χ3v) is 6.46. The molecule has 0 bridgehead atoms. The second-order valence-electron chi connectivity index (χ2n) is 8.62. The standard InChI is InChI=1S/C28H26F3NO4/c1-16-21(14-25(33)32-15-17-7-5-4-6-8-17)22-13-19(29)9-10-20(22)26(16)28(30,31)18-11-23(35-2)27(34)24(12-18)36-3/h4-13,26,34H,14-15H2,1-3H3,(H,32,33). The topological polar surface area (TPSA) is 67.8 Å². The molecule has 0 saturated heterocycles. The number of ether oxygens (including phenoxy) is 2. The number of nitrogens with one attached hydrogen (secondary N) is 1. The van der Waals surface area contributed by atoms with Crippen molar-refractivity contribution < 1.29 is 32.5 Å². The summed E-state index contributed by atoms with van der Waals surface area (Å²) in [5.41, 5.74) is 1.58. The summed E-state index contributed by atoms with van der Waals surface area (Å²) in [6, 6.07) is 15.0. The minimum atomic E-state index is -3.49. The number of hydrogen-bond donors (Lipinski definition) is 2. The van der Waals surface area contributed by atoms with Crippen LogP contribution in [0.4, 0.5) is 13.2 Å². The number of fused-ring (bicyclic) bond motifs is 1. The molecule has 2 N–H and O–H groups in total. The lowest BCUT2D eigenvalue weighted by Crippen LogP contribution is -2.24. The molecule has 188 valence electrons. The van der Waals surface area contributed by atoms with Crippen molar-refractivity contribution in [3.05, 3.63) is 94.3 Å². The first-order chi connectivity index (χ1) is 17.2. The van der Waals surface area contributed by atoms with E-state index in [0.717, 1.165) is 23.8 Å². The zero-order valence-electron chi connectivity index (χ0n) is 20.1. The number of carbonyl (C=O) groups excluding carboxylic acids is 1. The minimum Gasteiger partial charge on any atom is -0.502 e. The number of rotatable bonds is 8. The van der Waals surface area contributed by atoms with E-state index in [2.05, 4.69) is 5.32 Å². The van der Waals surface area contributed by atoms with Crippen LogP contribution in [0.1, 0.15) is 41.5 Å². The molecule has 1 aliphatic rings. The average Bonchev–Trinajstić information content (AvgIpc) is 3.14. The van der Waals surface area contributed by atoms with Crippen LogP contribution < -0.4 is 14.8 Å². The van der Waals surface area contributed by atoms with Gasteiger partial charge in [0.25, 0.3) is 5.92 Å². The first-order valence-corrected chi connectivity index (χ1v) is 11.3. The van der Waals surface area contributed by atoms with E-state index in [4.69, 9.17) is 9.47 Å². The number of benzene rings is 3. The fraction of sp³-hybridized carbons (Fsp3) is 0.250. The van der Waals surface area contributed by atoms with Crippen molar-refractivity contribution >= 4 is 11.5 Å². The molecule has 8 heteroatoms. The van der Waals surface area contributed by atoms with Crippen molar-refractivity contribution in [1.29, 1.82) is 0 Å². The summed E-state index contributed by atoms with van der Waals surface area (Å²) in [5.74, 6) is -6.61. The monoisotopic (exact) mass is 497 g/mol. The van der Waals surface area contributed by atoms with Gasteiger partial charge in [-0.2, -0.15) is 0 Å². The molecule has 3 aromatic rings. The highest BCUT2D eigenvalue weighted by molar-refractivity contribution is 5.93. The van der Waals surface area contributed by atoms with Crippen LogP contribution in [0.5, 0.6) is 17.2 Å². The summed E-state index contributed by atoms with van der Waals surface area (Å²) in [7, 11) is 2.50. The van der Waals surface area contributed by atoms with Gasteiger partial charge in [0.1, 0.15) is 5.82 Å². The lowest BCUT2D eigenvalue weighted by molar-refractivity contribution is -0.120. The van der Waals surface area contributed by atoms with E-state index in [-0.39, 0.29) is 47.1 Å². The van der Waals surface area contributed by atoms with Crippen molar-refractivity contribution in [2.24, 2.45) is 0 Å². The quantitative estimate of drug-likeness (QED) is 0.406. The molecule has 1 aliphatic carbocycles. The molecule has 3 aromatic carbocycles. The van der Waals surface area contributed by atoms with E-state index >= 15 is 8.78 Å². The highest BCUT2D eigenvalue weighted by Gasteiger charge is 2.48. The molecule has 0 aromatic heterocycles. The predicted octanol–water partition coefficient (Wildman–Crippen LogP) is 5.92. The number of aromatic hydroxyl groups is 1. The molecule has 4 rings (SSSR count). The Labute approximate surface area is 207 Å². The Bertz CT molecular complexity index is 1300. The average molecular weight is 498 g/mol. The highest BCUT2D eigenvalue weighted by atomic mass is 19.3. The smallest absolute Gasteiger partial charge is 0.283 e. The van der Waals surface area contributed by atoms with Crippen LogP contribution in [-0.2, 0) is 17.3 Å². The summed E-state index contributed by atoms with van der Waals surface area (Å²) in [4.78, 5) is 12.8. The Kier molecular flexibility index (Phi) is 6.97. The SMILES string of the molecule is COc1cc(C(F)(F)C2C(C)=C(CC(=O)NCc3ccccc3)c3cc(F)ccc32)cc(OC)c1O. The van der Waals surface area contributed by atoms with Crippen molar-refractivity contribution in [2.45, 2.75) is 31.7 Å². The Morgan fingerprint density at radius 2 is 1.67 bits per heavy atom. The summed E-state index contributed by atoms with van der Waals surface area (Å²) < 4.78 is 56.5. The van der Waals surface area contributed by atoms with Gasteiger partial charge in [-0.05, 0) is 53.5 Å². The molecule has 36 heavy (non-hydrogen) atoms. The maximum atomic E-state index is 16.1. The lowest BCUT2D eigenvalue weighted by atomic mass is 9.85. The van der Waals surface area contributed by atoms with Crippen molar-refractivity contribution in [3.8, 4) is 17.2 Å². The maximum absolute atomic E-state index is 16.1. The zero-order chi connectivity index (χ0) is 26.0. The van der Waals surface area contributed by atoms with Crippen LogP contribution in [0.15, 0.2) is 66.2 Å². The Morgan fingerprint density at radius 1 is 1.03 bits per heavy atom. The molecule has 0 spiro atoms. The number of phenolic OH excluding ortho intramolecular Hbond substituents is 1. The zero-order valence-corrected chi connectivity index (χ0v) is 20.1. The normalized spacial score (nSPS) is 15.0. The van der Waals surface area contributed by atoms with Gasteiger partial charge in [-0.15, -0.1) is 0 Å². The van der Waals surface area contributed by atoms with E-state index < -0.39 is 29.0 Å². The second-order valence-corrected chi connectivity index (χ2v) is 8.62. The van der Waals surface area contributed by atoms with E-state index in [1.165, 1.54) is 33.3 Å². The Morgan fingerprint density at radius 3 is 2.28 bits per heavy atom. The molecule has 1 unspecified atom stereocenters. The van der Waals surface area contributed by atoms with Gasteiger partial charge in [0.15, 0.2) is 11.5 Å². The van der Waals surface area contributed by atoms with Crippen LogP contribution in [-0.4, -0.2) is 25.2 Å². The second kappa shape index (κ2) is 9.97. The molecule has 0 fully saturated rings. The summed E-state index contributed by atoms with van der Waals surface area (Å²) in [5, 5.41) is 13.0. The summed E-state index contributed by atoms with van der Waals surface area (Å²) in [6.07, 6.45) is -0.177. The van der Waals surface area contributed by atoms with Gasteiger partial charge in [-0.25, -0.2) is 13.2 Å². The number of amides is 1. The molecule has 0 saturated carbocycles. The number of hydrogen-bond acceptors (Lipinski definition) is 4. The van der Waals surface area contributed by atoms with E-state index in [9.17, 15) is 14.3 Å². The van der Waals surface area contributed by atoms with Gasteiger partial charge in [-0.1, -0.05) is 42.0 Å². The first-order valence-electron chi connectivity index (χ1n) is 11.3. The van der Waals surface area contributed by atoms with Crippen molar-refractivity contribution in [3.63, 3.8) is 0 Å². The number of carbonyl (C=O) groups is 1. The Balaban J connectivity index is 1.71. The number of phenols is 1. The molecule has 0 heterocycles. The number of allylic oxidation sites excluding steroid dienone is 1. The minimum absolute atomic E-state index is 0.163. The van der Waals surface area contributed by atoms with Gasteiger partial charge < -0.3 is 19.9 Å². The summed E-state index contributed by atoms with van der Waals surface area (Å²) >= 11 is 0. The predicted molar refractivity (Wildman–Crippen MR) is 130 cm³/mol. The van der Waals surface area contributed by atoms with Gasteiger partial charge >= 0.3 is 0 Å². The fourth-order valence-electron chi connectivity index (χ4n) is 4.64. The van der Waals surface area contributed by atoms with E-state index in [1.54, 1.807) is 0 Å². The van der Waals surface area contributed by atoms with Gasteiger partial charge in [-0.3, -0.25) is 4.79 Å². The fourth-order valence-corrected chi connectivity index (χ4v) is 4.64. The lowest BCUT2D eigenvalue weighted by Gasteiger charge is -2.27. The largest absolute Gasteiger partial charge is 0.502 e. The molecule has 5 nitrogen and oxygen atoms in total. The molecular weight excluding hydrogens is 471 g/mol. The number of methoxy groups -OCH3 is 2. The van der Waals surface area contributed by atoms with E-state index in [0.29, 0.717) is 5.57 Å². The highest BCUT2D eigenvalue weighted by Crippen LogP contribution is 2.55. The third kappa shape index (κ3) is 4.63. The summed E-state index contributed by atoms with van der Waals surface area (Å²) in [6.45, 7) is 1.82. The number of alkyl halides is 2. The third-order valence-electron chi connectivity index (χ3n) is 6.46. The molecule has 1 atom stereocenters. The first kappa shape index (κ1) is 25.2. The van der Waals surface area contributed by atoms with Crippen LogP contribution in [0.3, 0.4) is 0 Å². The van der Waals surface area contributed by atoms with Gasteiger partial charge in [0.05, 0.1) is 26.6 Å². The molecular formula is C28H26F3NO4. The van der Waals surface area contributed by atoms with Crippen LogP contribution in [0.2, 0.25) is 0 Å². The molecule has 1 amide bonds. The Hall–Kier alpha value is -3.94. The van der Waals surface area contributed by atoms with Crippen molar-refractivity contribution in [2.75, 3.05) is 14.2 Å². The van der Waals surface area contributed by atoms with Crippen LogP contribution in [0, 0.1) is 5.82 Å². The molecule has 0 radical (unpaired) electrons. The van der Waals surface area contributed by atoms with Crippen LogP contribution >= 0.6 is 0 Å². The number of halogens is 3.